The Kier molecular flexibility index (Phi) is 6.68. The zero-order chi connectivity index (χ0) is 18.6. The van der Waals surface area contributed by atoms with E-state index in [0.29, 0.717) is 29.6 Å². The lowest BCUT2D eigenvalue weighted by atomic mass is 10.1. The molecule has 0 radical (unpaired) electrons. The van der Waals surface area contributed by atoms with Crippen molar-refractivity contribution in [2.75, 3.05) is 6.54 Å². The summed E-state index contributed by atoms with van der Waals surface area (Å²) in [5.41, 5.74) is 4.12. The van der Waals surface area contributed by atoms with Crippen LogP contribution in [0.2, 0.25) is 5.02 Å². The van der Waals surface area contributed by atoms with Crippen LogP contribution in [0.3, 0.4) is 0 Å². The second-order valence-electron chi connectivity index (χ2n) is 6.90. The Hall–Kier alpha value is -1.78. The van der Waals surface area contributed by atoms with Crippen LogP contribution in [-0.4, -0.2) is 22.2 Å². The molecular weight excluding hydrogens is 336 g/mol. The lowest BCUT2D eigenvalue weighted by Gasteiger charge is -2.11. The maximum atomic E-state index is 11.8. The summed E-state index contributed by atoms with van der Waals surface area (Å²) in [6, 6.07) is 7.68. The lowest BCUT2D eigenvalue weighted by molar-refractivity contribution is 0.0694. The van der Waals surface area contributed by atoms with Gasteiger partial charge in [-0.25, -0.2) is 4.79 Å². The highest BCUT2D eigenvalue weighted by Crippen LogP contribution is 2.24. The molecule has 0 spiro atoms. The van der Waals surface area contributed by atoms with Gasteiger partial charge in [0.05, 0.1) is 5.56 Å². The molecule has 0 aliphatic rings. The topological polar surface area (TPSA) is 54.3 Å². The van der Waals surface area contributed by atoms with Gasteiger partial charge in [0, 0.05) is 35.1 Å². The normalized spacial score (nSPS) is 11.3. The van der Waals surface area contributed by atoms with Crippen LogP contribution in [0.25, 0.3) is 0 Å². The zero-order valence-electron chi connectivity index (χ0n) is 15.4. The minimum Gasteiger partial charge on any atom is -0.478 e. The molecule has 0 fully saturated rings. The van der Waals surface area contributed by atoms with E-state index >= 15 is 0 Å². The summed E-state index contributed by atoms with van der Waals surface area (Å²) in [5, 5.41) is 13.8. The number of carboxylic acids is 1. The molecule has 1 aromatic carbocycles. The molecule has 1 heterocycles. The number of hydrogen-bond donors (Lipinski definition) is 2. The van der Waals surface area contributed by atoms with E-state index < -0.39 is 5.97 Å². The van der Waals surface area contributed by atoms with Gasteiger partial charge in [0.1, 0.15) is 0 Å². The summed E-state index contributed by atoms with van der Waals surface area (Å²) in [5.74, 6) is -0.243. The second kappa shape index (κ2) is 8.54. The van der Waals surface area contributed by atoms with E-state index in [1.165, 1.54) is 0 Å². The van der Waals surface area contributed by atoms with Gasteiger partial charge in [-0.05, 0) is 50.4 Å². The maximum absolute atomic E-state index is 11.8. The fourth-order valence-corrected chi connectivity index (χ4v) is 3.32. The third-order valence-electron chi connectivity index (χ3n) is 4.55. The van der Waals surface area contributed by atoms with Crippen molar-refractivity contribution in [2.45, 2.75) is 47.2 Å². The van der Waals surface area contributed by atoms with Gasteiger partial charge < -0.3 is 15.0 Å². The summed E-state index contributed by atoms with van der Waals surface area (Å²) in [7, 11) is 0. The lowest BCUT2D eigenvalue weighted by Crippen LogP contribution is -2.18. The molecule has 2 rings (SSSR count). The number of nitrogens with zero attached hydrogens (tertiary/aromatic N) is 1. The van der Waals surface area contributed by atoms with E-state index in [1.807, 2.05) is 38.1 Å². The van der Waals surface area contributed by atoms with E-state index in [-0.39, 0.29) is 0 Å². The molecule has 0 unspecified atom stereocenters. The predicted octanol–water partition coefficient (Wildman–Crippen LogP) is 4.64. The van der Waals surface area contributed by atoms with Crippen molar-refractivity contribution < 1.29 is 9.90 Å². The Morgan fingerprint density at radius 2 is 2.00 bits per heavy atom. The van der Waals surface area contributed by atoms with Crippen molar-refractivity contribution in [3.63, 3.8) is 0 Å². The van der Waals surface area contributed by atoms with Gasteiger partial charge >= 0.3 is 5.97 Å². The molecule has 4 nitrogen and oxygen atoms in total. The second-order valence-corrected chi connectivity index (χ2v) is 7.34. The smallest absolute Gasteiger partial charge is 0.337 e. The molecule has 2 N–H and O–H groups in total. The van der Waals surface area contributed by atoms with E-state index in [0.717, 1.165) is 35.5 Å². The minimum absolute atomic E-state index is 0.413. The molecule has 0 aliphatic heterocycles. The molecule has 5 heteroatoms. The molecule has 0 amide bonds. The van der Waals surface area contributed by atoms with Gasteiger partial charge in [-0.2, -0.15) is 0 Å². The Morgan fingerprint density at radius 3 is 2.60 bits per heavy atom. The SMILES string of the molecule is Cc1c(CNCCC(C)C)c(C(=O)O)c(C)n1Cc1cccc(Cl)c1. The Balaban J connectivity index is 2.28. The van der Waals surface area contributed by atoms with Gasteiger partial charge in [-0.1, -0.05) is 37.6 Å². The molecular formula is C20H27ClN2O2. The molecule has 0 aliphatic carbocycles. The quantitative estimate of drug-likeness (QED) is 0.672. The fourth-order valence-electron chi connectivity index (χ4n) is 3.11. The summed E-state index contributed by atoms with van der Waals surface area (Å²) < 4.78 is 2.06. The number of hydrogen-bond acceptors (Lipinski definition) is 2. The summed E-state index contributed by atoms with van der Waals surface area (Å²) in [4.78, 5) is 11.8. The van der Waals surface area contributed by atoms with Crippen LogP contribution in [0, 0.1) is 19.8 Å². The molecule has 1 aromatic heterocycles. The van der Waals surface area contributed by atoms with Gasteiger partial charge in [-0.3, -0.25) is 0 Å². The van der Waals surface area contributed by atoms with E-state index in [9.17, 15) is 9.90 Å². The van der Waals surface area contributed by atoms with Crippen LogP contribution in [0.1, 0.15) is 53.1 Å². The highest BCUT2D eigenvalue weighted by atomic mass is 35.5. The number of carboxylic acid groups (broad SMARTS) is 1. The summed E-state index contributed by atoms with van der Waals surface area (Å²) in [6.07, 6.45) is 1.07. The van der Waals surface area contributed by atoms with Crippen molar-refractivity contribution in [2.24, 2.45) is 5.92 Å². The average Bonchev–Trinajstić information content (AvgIpc) is 2.76. The molecule has 136 valence electrons. The average molecular weight is 363 g/mol. The number of halogens is 1. The minimum atomic E-state index is -0.869. The van der Waals surface area contributed by atoms with E-state index in [4.69, 9.17) is 11.6 Å². The standard InChI is InChI=1S/C20H27ClN2O2/c1-13(2)8-9-22-11-18-14(3)23(15(4)19(18)20(24)25)12-16-6-5-7-17(21)10-16/h5-7,10,13,22H,8-9,11-12H2,1-4H3,(H,24,25). The zero-order valence-corrected chi connectivity index (χ0v) is 16.2. The van der Waals surface area contributed by atoms with Crippen molar-refractivity contribution in [1.82, 2.24) is 9.88 Å². The number of carbonyl (C=O) groups is 1. The Morgan fingerprint density at radius 1 is 1.28 bits per heavy atom. The first-order valence-electron chi connectivity index (χ1n) is 8.68. The number of aromatic nitrogens is 1. The van der Waals surface area contributed by atoms with Crippen molar-refractivity contribution in [3.8, 4) is 0 Å². The number of benzene rings is 1. The highest BCUT2D eigenvalue weighted by molar-refractivity contribution is 6.30. The first-order valence-corrected chi connectivity index (χ1v) is 9.06. The number of aromatic carboxylic acids is 1. The summed E-state index contributed by atoms with van der Waals surface area (Å²) in [6.45, 7) is 10.3. The maximum Gasteiger partial charge on any atom is 0.337 e. The molecule has 0 saturated heterocycles. The van der Waals surface area contributed by atoms with Crippen LogP contribution in [-0.2, 0) is 13.1 Å². The number of nitrogens with one attached hydrogen (secondary N) is 1. The first kappa shape index (κ1) is 19.5. The molecule has 0 bridgehead atoms. The van der Waals surface area contributed by atoms with Gasteiger partial charge in [0.2, 0.25) is 0 Å². The van der Waals surface area contributed by atoms with Crippen molar-refractivity contribution in [1.29, 1.82) is 0 Å². The highest BCUT2D eigenvalue weighted by Gasteiger charge is 2.22. The van der Waals surface area contributed by atoms with Crippen LogP contribution < -0.4 is 5.32 Å². The first-order chi connectivity index (χ1) is 11.8. The van der Waals surface area contributed by atoms with Crippen LogP contribution in [0.4, 0.5) is 0 Å². The number of rotatable bonds is 8. The van der Waals surface area contributed by atoms with Gasteiger partial charge in [0.25, 0.3) is 0 Å². The molecule has 0 atom stereocenters. The van der Waals surface area contributed by atoms with Crippen LogP contribution >= 0.6 is 11.6 Å². The molecule has 0 saturated carbocycles. The van der Waals surface area contributed by atoms with Gasteiger partial charge in [-0.15, -0.1) is 0 Å². The van der Waals surface area contributed by atoms with E-state index in [2.05, 4.69) is 23.7 Å². The molecule has 25 heavy (non-hydrogen) atoms. The van der Waals surface area contributed by atoms with E-state index in [1.54, 1.807) is 0 Å². The monoisotopic (exact) mass is 362 g/mol. The van der Waals surface area contributed by atoms with Crippen molar-refractivity contribution in [3.05, 3.63) is 57.4 Å². The predicted molar refractivity (Wildman–Crippen MR) is 103 cm³/mol. The van der Waals surface area contributed by atoms with Crippen LogP contribution in [0.15, 0.2) is 24.3 Å². The fraction of sp³-hybridized carbons (Fsp3) is 0.450. The Labute approximate surface area is 154 Å². The van der Waals surface area contributed by atoms with Gasteiger partial charge in [0.15, 0.2) is 0 Å². The largest absolute Gasteiger partial charge is 0.478 e. The van der Waals surface area contributed by atoms with Crippen molar-refractivity contribution >= 4 is 17.6 Å². The Bertz CT molecular complexity index is 750. The summed E-state index contributed by atoms with van der Waals surface area (Å²) >= 11 is 6.07. The molecule has 2 aromatic rings. The van der Waals surface area contributed by atoms with Crippen LogP contribution in [0.5, 0.6) is 0 Å². The third-order valence-corrected chi connectivity index (χ3v) is 4.79. The third kappa shape index (κ3) is 4.86.